The summed E-state index contributed by atoms with van der Waals surface area (Å²) < 4.78 is 73.4. The van der Waals surface area contributed by atoms with Gasteiger partial charge >= 0.3 is 0 Å². The van der Waals surface area contributed by atoms with Crippen LogP contribution in [0.1, 0.15) is 39.5 Å². The number of halogens is 2. The quantitative estimate of drug-likeness (QED) is 0.0611. The molecule has 0 bridgehead atoms. The standard InChI is InChI=1S/C12H22O4.C11H18Br2O4.C11H20O4.C3H4O2/c1(3-5-13-7-11-9-15-11)2-4-6-14-8-12-10-16-12;12-5-11(6-13,7-14-1-9-3-16-9)8-15-2-10-4-17-10;1-11(2,7-12-3-9-5-14-9)8-13-4-10-6-15-10;1-3(4-1)2-5-3/h11-12H,1-10H2;9-10H,1-8H2;9-10H,3-8H2,1-2H3;1-2H2. The monoisotopic (exact) mass is 890 g/mol. The lowest BCUT2D eigenvalue weighted by Crippen LogP contribution is -2.37. The van der Waals surface area contributed by atoms with Crippen LogP contribution in [0.2, 0.25) is 0 Å². The summed E-state index contributed by atoms with van der Waals surface area (Å²) >= 11 is 7.09. The third-order valence-electron chi connectivity index (χ3n) is 8.87. The average Bonchev–Trinajstić information content (AvgIpc) is 3.96. The van der Waals surface area contributed by atoms with Crippen molar-refractivity contribution in [1.29, 1.82) is 0 Å². The van der Waals surface area contributed by atoms with Gasteiger partial charge in [0, 0.05) is 34.7 Å². The van der Waals surface area contributed by atoms with Crippen molar-refractivity contribution in [3.05, 3.63) is 0 Å². The van der Waals surface area contributed by atoms with Gasteiger partial charge < -0.3 is 66.3 Å². The van der Waals surface area contributed by atoms with Gasteiger partial charge in [-0.2, -0.15) is 0 Å². The minimum absolute atomic E-state index is 0. The first-order valence-corrected chi connectivity index (χ1v) is 21.6. The highest BCUT2D eigenvalue weighted by atomic mass is 79.9. The Morgan fingerprint density at radius 3 is 1.00 bits per heavy atom. The molecule has 1 spiro atoms. The molecule has 8 fully saturated rings. The minimum Gasteiger partial charge on any atom is -0.379 e. The number of ether oxygens (including phenoxy) is 14. The van der Waals surface area contributed by atoms with Crippen molar-refractivity contribution in [2.24, 2.45) is 10.8 Å². The van der Waals surface area contributed by atoms with E-state index < -0.39 is 0 Å². The Labute approximate surface area is 332 Å². The summed E-state index contributed by atoms with van der Waals surface area (Å²) in [7, 11) is 0. The molecular formula is C37H64Br2O14. The second kappa shape index (κ2) is 23.7. The van der Waals surface area contributed by atoms with Gasteiger partial charge in [0.25, 0.3) is 0 Å². The third kappa shape index (κ3) is 23.4. The molecule has 8 rings (SSSR count). The first kappa shape index (κ1) is 44.5. The predicted octanol–water partition coefficient (Wildman–Crippen LogP) is 3.56. The molecule has 0 aromatic heterocycles. The van der Waals surface area contributed by atoms with E-state index in [1.807, 2.05) is 0 Å². The Hall–Kier alpha value is 0.400. The van der Waals surface area contributed by atoms with Gasteiger partial charge in [-0.25, -0.2) is 0 Å². The molecule has 14 nitrogen and oxygen atoms in total. The molecule has 0 aromatic rings. The van der Waals surface area contributed by atoms with E-state index in [2.05, 4.69) is 45.7 Å². The SMILES string of the molecule is BrCC(CBr)(COCC1CO1)COCC1CO1.C(CCCOCC1CO1)CCOCC1CO1.C1OC12CO2.CC(C)(COCC1CO1)COCC1CO1. The number of hydrogen-bond donors (Lipinski definition) is 0. The zero-order valence-corrected chi connectivity index (χ0v) is 35.0. The molecule has 53 heavy (non-hydrogen) atoms. The van der Waals surface area contributed by atoms with Gasteiger partial charge in [-0.1, -0.05) is 58.5 Å². The molecule has 0 N–H and O–H groups in total. The summed E-state index contributed by atoms with van der Waals surface area (Å²) in [5, 5.41) is 1.70. The largest absolute Gasteiger partial charge is 0.379 e. The molecule has 0 aliphatic carbocycles. The highest BCUT2D eigenvalue weighted by molar-refractivity contribution is 9.09. The van der Waals surface area contributed by atoms with Crippen molar-refractivity contribution in [3.63, 3.8) is 0 Å². The number of hydrogen-bond acceptors (Lipinski definition) is 14. The van der Waals surface area contributed by atoms with Crippen molar-refractivity contribution >= 4 is 31.9 Å². The molecule has 0 radical (unpaired) electrons. The van der Waals surface area contributed by atoms with Gasteiger partial charge in [0.15, 0.2) is 0 Å². The maximum absolute atomic E-state index is 5.68. The van der Waals surface area contributed by atoms with E-state index in [1.54, 1.807) is 0 Å². The van der Waals surface area contributed by atoms with Crippen LogP contribution in [0.4, 0.5) is 0 Å². The summed E-state index contributed by atoms with van der Waals surface area (Å²) in [6.45, 7) is 20.1. The number of epoxide rings is 8. The van der Waals surface area contributed by atoms with Gasteiger partial charge in [0.2, 0.25) is 5.79 Å². The van der Waals surface area contributed by atoms with E-state index >= 15 is 0 Å². The van der Waals surface area contributed by atoms with Crippen LogP contribution < -0.4 is 0 Å². The number of alkyl halides is 2. The highest BCUT2D eigenvalue weighted by Gasteiger charge is 2.59. The van der Waals surface area contributed by atoms with Crippen LogP contribution in [0.3, 0.4) is 0 Å². The van der Waals surface area contributed by atoms with Crippen molar-refractivity contribution < 1.29 is 66.3 Å². The zero-order chi connectivity index (χ0) is 37.2. The third-order valence-corrected chi connectivity index (χ3v) is 11.2. The van der Waals surface area contributed by atoms with Crippen LogP contribution in [-0.4, -0.2) is 185 Å². The fourth-order valence-corrected chi connectivity index (χ4v) is 6.10. The normalized spacial score (nSPS) is 28.8. The van der Waals surface area contributed by atoms with E-state index in [0.29, 0.717) is 63.1 Å². The maximum Gasteiger partial charge on any atom is 0.216 e. The van der Waals surface area contributed by atoms with E-state index in [1.165, 1.54) is 12.8 Å². The molecule has 8 aliphatic heterocycles. The molecule has 310 valence electrons. The fourth-order valence-electron chi connectivity index (χ4n) is 4.53. The lowest BCUT2D eigenvalue weighted by Gasteiger charge is -2.29. The summed E-state index contributed by atoms with van der Waals surface area (Å²) in [5.74, 6) is 0. The van der Waals surface area contributed by atoms with Crippen LogP contribution in [0.5, 0.6) is 0 Å². The van der Waals surface area contributed by atoms with Crippen LogP contribution in [-0.2, 0) is 66.3 Å². The summed E-state index contributed by atoms with van der Waals surface area (Å²) in [6, 6.07) is 0. The van der Waals surface area contributed by atoms with Gasteiger partial charge in [-0.3, -0.25) is 0 Å². The van der Waals surface area contributed by atoms with E-state index in [-0.39, 0.29) is 16.6 Å². The van der Waals surface area contributed by atoms with Gasteiger partial charge in [0.05, 0.1) is 106 Å². The average molecular weight is 893 g/mol. The molecule has 8 heterocycles. The fraction of sp³-hybridized carbons (Fsp3) is 1.00. The van der Waals surface area contributed by atoms with E-state index in [4.69, 9.17) is 66.3 Å². The van der Waals surface area contributed by atoms with E-state index in [9.17, 15) is 0 Å². The first-order chi connectivity index (χ1) is 25.8. The molecule has 6 unspecified atom stereocenters. The maximum atomic E-state index is 5.68. The Kier molecular flexibility index (Phi) is 19.9. The molecule has 0 amide bonds. The Balaban J connectivity index is 0.000000143. The molecular weight excluding hydrogens is 828 g/mol. The molecule has 8 saturated heterocycles. The van der Waals surface area contributed by atoms with Crippen LogP contribution in [0.25, 0.3) is 0 Å². The molecule has 0 saturated carbocycles. The van der Waals surface area contributed by atoms with Gasteiger partial charge in [0.1, 0.15) is 49.8 Å². The predicted molar refractivity (Wildman–Crippen MR) is 200 cm³/mol. The van der Waals surface area contributed by atoms with Crippen molar-refractivity contribution in [3.8, 4) is 0 Å². The lowest BCUT2D eigenvalue weighted by atomic mass is 9.96. The minimum atomic E-state index is -0.0101. The number of rotatable bonds is 29. The van der Waals surface area contributed by atoms with Crippen LogP contribution in [0, 0.1) is 10.8 Å². The summed E-state index contributed by atoms with van der Waals surface area (Å²) in [6.07, 6.45) is 6.90. The van der Waals surface area contributed by atoms with Gasteiger partial charge in [-0.15, -0.1) is 0 Å². The lowest BCUT2D eigenvalue weighted by molar-refractivity contribution is -0.0101. The molecule has 16 heteroatoms. The smallest absolute Gasteiger partial charge is 0.216 e. The summed E-state index contributed by atoms with van der Waals surface area (Å²) in [4.78, 5) is 0. The summed E-state index contributed by atoms with van der Waals surface area (Å²) in [5.41, 5.74) is 0.0631. The van der Waals surface area contributed by atoms with Crippen molar-refractivity contribution in [1.82, 2.24) is 0 Å². The van der Waals surface area contributed by atoms with Crippen LogP contribution in [0.15, 0.2) is 0 Å². The zero-order valence-electron chi connectivity index (χ0n) is 31.8. The Morgan fingerprint density at radius 2 is 0.755 bits per heavy atom. The Morgan fingerprint density at radius 1 is 0.472 bits per heavy atom. The van der Waals surface area contributed by atoms with E-state index in [0.717, 1.165) is 129 Å². The van der Waals surface area contributed by atoms with Gasteiger partial charge in [-0.05, 0) is 12.8 Å². The highest BCUT2D eigenvalue weighted by Crippen LogP contribution is 2.40. The molecule has 6 atom stereocenters. The molecule has 8 aliphatic rings. The second-order valence-corrected chi connectivity index (χ2v) is 16.9. The first-order valence-electron chi connectivity index (χ1n) is 19.4. The molecule has 0 aromatic carbocycles. The van der Waals surface area contributed by atoms with Crippen molar-refractivity contribution in [2.75, 3.05) is 143 Å². The van der Waals surface area contributed by atoms with Crippen molar-refractivity contribution in [2.45, 2.75) is 81.9 Å². The topological polar surface area (TPSA) is 156 Å². The number of unbranched alkanes of at least 4 members (excludes halogenated alkanes) is 3. The Bertz CT molecular complexity index is 888. The second-order valence-electron chi connectivity index (χ2n) is 15.8. The van der Waals surface area contributed by atoms with Crippen LogP contribution >= 0.6 is 31.9 Å².